The minimum atomic E-state index is -4.65. The lowest BCUT2D eigenvalue weighted by atomic mass is 10.1. The molecule has 0 saturated heterocycles. The van der Waals surface area contributed by atoms with Gasteiger partial charge in [0.2, 0.25) is 16.1 Å². The molecule has 3 aromatic rings. The maximum atomic E-state index is 13.0. The maximum Gasteiger partial charge on any atom is 0.416 e. The minimum Gasteiger partial charge on any atom is -0.478 e. The predicted molar refractivity (Wildman–Crippen MR) is 127 cm³/mol. The number of nitrogens with zero attached hydrogens (tertiary/aromatic N) is 1. The van der Waals surface area contributed by atoms with Crippen molar-refractivity contribution < 1.29 is 44.6 Å². The molecule has 0 fully saturated rings. The van der Waals surface area contributed by atoms with Crippen molar-refractivity contribution >= 4 is 25.8 Å². The molecule has 37 heavy (non-hydrogen) atoms. The third kappa shape index (κ3) is 6.87. The Morgan fingerprint density at radius 3 is 2.03 bits per heavy atom. The number of benzene rings is 3. The summed E-state index contributed by atoms with van der Waals surface area (Å²) in [5.41, 5.74) is -0.693. The Bertz CT molecular complexity index is 1490. The van der Waals surface area contributed by atoms with E-state index in [-0.39, 0.29) is 27.6 Å². The summed E-state index contributed by atoms with van der Waals surface area (Å²) in [7, 11) is -6.11. The number of sulfone groups is 1. The van der Waals surface area contributed by atoms with Gasteiger partial charge in [-0.05, 0) is 54.1 Å². The van der Waals surface area contributed by atoms with Gasteiger partial charge in [0.25, 0.3) is 0 Å². The van der Waals surface area contributed by atoms with Gasteiger partial charge in [0.15, 0.2) is 9.84 Å². The molecular formula is C24H22F3NO7S2. The fraction of sp³-hybridized carbons (Fsp3) is 0.208. The van der Waals surface area contributed by atoms with Gasteiger partial charge in [-0.2, -0.15) is 17.5 Å². The molecule has 13 heteroatoms. The number of ether oxygens (including phenoxy) is 1. The van der Waals surface area contributed by atoms with Crippen LogP contribution in [0.4, 0.5) is 13.2 Å². The van der Waals surface area contributed by atoms with E-state index in [1.807, 2.05) is 0 Å². The fourth-order valence-electron chi connectivity index (χ4n) is 3.33. The number of rotatable bonds is 9. The third-order valence-electron chi connectivity index (χ3n) is 5.28. The van der Waals surface area contributed by atoms with E-state index in [9.17, 15) is 39.9 Å². The Kier molecular flexibility index (Phi) is 8.00. The molecule has 0 aliphatic rings. The molecule has 198 valence electrons. The van der Waals surface area contributed by atoms with Crippen molar-refractivity contribution in [3.63, 3.8) is 0 Å². The van der Waals surface area contributed by atoms with Crippen molar-refractivity contribution in [2.24, 2.45) is 0 Å². The molecule has 0 aliphatic heterocycles. The largest absolute Gasteiger partial charge is 0.478 e. The van der Waals surface area contributed by atoms with Gasteiger partial charge in [0, 0.05) is 25.4 Å². The van der Waals surface area contributed by atoms with Crippen LogP contribution in [-0.4, -0.2) is 45.5 Å². The van der Waals surface area contributed by atoms with Gasteiger partial charge in [-0.3, -0.25) is 0 Å². The zero-order valence-electron chi connectivity index (χ0n) is 19.5. The highest BCUT2D eigenvalue weighted by Crippen LogP contribution is 2.32. The molecule has 0 heterocycles. The molecule has 0 amide bonds. The van der Waals surface area contributed by atoms with Crippen LogP contribution in [0.5, 0.6) is 5.75 Å². The summed E-state index contributed by atoms with van der Waals surface area (Å²) < 4.78 is 94.3. The Morgan fingerprint density at radius 2 is 1.51 bits per heavy atom. The van der Waals surface area contributed by atoms with Crippen LogP contribution in [-0.2, 0) is 37.4 Å². The number of aliphatic carboxylic acids is 1. The van der Waals surface area contributed by atoms with Gasteiger partial charge < -0.3 is 9.84 Å². The van der Waals surface area contributed by atoms with E-state index >= 15 is 0 Å². The van der Waals surface area contributed by atoms with Crippen LogP contribution in [0.15, 0.2) is 82.6 Å². The standard InChI is InChI=1S/C24H22F3NO7S2/c1-28(37(33,34)21-12-10-20(11-13-21)36(2,31)32)15-16-6-8-19(9-7-16)35-22(23(29)30)17-4-3-5-18(14-17)24(25,26)27/h3-14,22H,15H2,1-2H3,(H,29,30). The van der Waals surface area contributed by atoms with E-state index in [4.69, 9.17) is 4.74 Å². The van der Waals surface area contributed by atoms with Crippen molar-refractivity contribution in [3.05, 3.63) is 89.5 Å². The van der Waals surface area contributed by atoms with E-state index in [2.05, 4.69) is 0 Å². The van der Waals surface area contributed by atoms with Crippen LogP contribution in [0.1, 0.15) is 22.8 Å². The van der Waals surface area contributed by atoms with E-state index in [0.29, 0.717) is 11.6 Å². The highest BCUT2D eigenvalue weighted by Gasteiger charge is 2.32. The summed E-state index contributed by atoms with van der Waals surface area (Å²) in [5.74, 6) is -1.44. The first-order valence-electron chi connectivity index (χ1n) is 10.5. The van der Waals surface area contributed by atoms with Gasteiger partial charge in [-0.25, -0.2) is 21.6 Å². The quantitative estimate of drug-likeness (QED) is 0.420. The third-order valence-corrected chi connectivity index (χ3v) is 8.23. The number of hydrogen-bond acceptors (Lipinski definition) is 6. The number of sulfonamides is 1. The summed E-state index contributed by atoms with van der Waals surface area (Å²) in [6, 6.07) is 14.3. The Hall–Kier alpha value is -3.42. The molecule has 1 N–H and O–H groups in total. The second kappa shape index (κ2) is 10.5. The SMILES string of the molecule is CN(Cc1ccc(OC(C(=O)O)c2cccc(C(F)(F)F)c2)cc1)S(=O)(=O)c1ccc(S(C)(=O)=O)cc1. The van der Waals surface area contributed by atoms with Crippen LogP contribution in [0.3, 0.4) is 0 Å². The van der Waals surface area contributed by atoms with Crippen molar-refractivity contribution in [1.29, 1.82) is 0 Å². The van der Waals surface area contributed by atoms with Crippen molar-refractivity contribution in [1.82, 2.24) is 4.31 Å². The van der Waals surface area contributed by atoms with Gasteiger partial charge in [0.05, 0.1) is 15.4 Å². The zero-order valence-corrected chi connectivity index (χ0v) is 21.1. The van der Waals surface area contributed by atoms with E-state index in [1.54, 1.807) is 0 Å². The predicted octanol–water partition coefficient (Wildman–Crippen LogP) is 4.13. The van der Waals surface area contributed by atoms with Crippen LogP contribution in [0, 0.1) is 0 Å². The summed E-state index contributed by atoms with van der Waals surface area (Å²) >= 11 is 0. The number of halogens is 3. The lowest BCUT2D eigenvalue weighted by Crippen LogP contribution is -2.26. The monoisotopic (exact) mass is 557 g/mol. The average Bonchev–Trinajstić information content (AvgIpc) is 2.82. The van der Waals surface area contributed by atoms with Crippen molar-refractivity contribution in [2.75, 3.05) is 13.3 Å². The average molecular weight is 558 g/mol. The molecule has 0 saturated carbocycles. The number of carboxylic acids is 1. The molecule has 8 nitrogen and oxygen atoms in total. The molecule has 1 atom stereocenters. The molecule has 0 radical (unpaired) electrons. The summed E-state index contributed by atoms with van der Waals surface area (Å²) in [6.07, 6.45) is -5.34. The zero-order chi connectivity index (χ0) is 27.6. The number of carboxylic acid groups (broad SMARTS) is 1. The summed E-state index contributed by atoms with van der Waals surface area (Å²) in [4.78, 5) is 11.6. The van der Waals surface area contributed by atoms with Crippen molar-refractivity contribution in [2.45, 2.75) is 28.6 Å². The van der Waals surface area contributed by atoms with E-state index in [1.165, 1.54) is 61.6 Å². The van der Waals surface area contributed by atoms with Crippen LogP contribution >= 0.6 is 0 Å². The van der Waals surface area contributed by atoms with Gasteiger partial charge >= 0.3 is 12.1 Å². The Morgan fingerprint density at radius 1 is 0.946 bits per heavy atom. The van der Waals surface area contributed by atoms with Crippen LogP contribution in [0.2, 0.25) is 0 Å². The maximum absolute atomic E-state index is 13.0. The molecule has 1 unspecified atom stereocenters. The normalized spacial score (nSPS) is 13.4. The topological polar surface area (TPSA) is 118 Å². The van der Waals surface area contributed by atoms with E-state index < -0.39 is 43.7 Å². The van der Waals surface area contributed by atoms with Gasteiger partial charge in [0.1, 0.15) is 5.75 Å². The first kappa shape index (κ1) is 28.2. The summed E-state index contributed by atoms with van der Waals surface area (Å²) in [6.45, 7) is -0.0770. The summed E-state index contributed by atoms with van der Waals surface area (Å²) in [5, 5.41) is 9.50. The first-order chi connectivity index (χ1) is 17.1. The second-order valence-corrected chi connectivity index (χ2v) is 12.2. The van der Waals surface area contributed by atoms with Crippen LogP contribution < -0.4 is 4.74 Å². The number of hydrogen-bond donors (Lipinski definition) is 1. The number of carbonyl (C=O) groups is 1. The highest BCUT2D eigenvalue weighted by atomic mass is 32.2. The smallest absolute Gasteiger partial charge is 0.416 e. The Balaban J connectivity index is 1.74. The molecule has 0 spiro atoms. The number of alkyl halides is 3. The molecule has 0 aromatic heterocycles. The molecule has 3 aromatic carbocycles. The van der Waals surface area contributed by atoms with E-state index in [0.717, 1.165) is 22.7 Å². The molecular weight excluding hydrogens is 535 g/mol. The highest BCUT2D eigenvalue weighted by molar-refractivity contribution is 7.90. The second-order valence-electron chi connectivity index (χ2n) is 8.11. The Labute approximate surface area is 211 Å². The fourth-order valence-corrected chi connectivity index (χ4v) is 5.12. The van der Waals surface area contributed by atoms with Gasteiger partial charge in [-0.15, -0.1) is 0 Å². The van der Waals surface area contributed by atoms with Gasteiger partial charge in [-0.1, -0.05) is 24.3 Å². The first-order valence-corrected chi connectivity index (χ1v) is 13.8. The lowest BCUT2D eigenvalue weighted by molar-refractivity contribution is -0.146. The van der Waals surface area contributed by atoms with Crippen LogP contribution in [0.25, 0.3) is 0 Å². The minimum absolute atomic E-state index is 0.0190. The molecule has 0 bridgehead atoms. The molecule has 3 rings (SSSR count). The molecule has 0 aliphatic carbocycles. The lowest BCUT2D eigenvalue weighted by Gasteiger charge is -2.19. The van der Waals surface area contributed by atoms with Crippen molar-refractivity contribution in [3.8, 4) is 5.75 Å².